The molecule has 1 aromatic heterocycles. The monoisotopic (exact) mass is 344 g/mol. The van der Waals surface area contributed by atoms with Gasteiger partial charge in [-0.05, 0) is 19.5 Å². The van der Waals surface area contributed by atoms with Gasteiger partial charge in [0.25, 0.3) is 0 Å². The number of carbonyl (C=O) groups excluding carboxylic acids is 1. The number of carbonyl (C=O) groups is 1. The van der Waals surface area contributed by atoms with E-state index in [1.807, 2.05) is 37.1 Å². The van der Waals surface area contributed by atoms with Gasteiger partial charge in [-0.1, -0.05) is 30.3 Å². The summed E-state index contributed by atoms with van der Waals surface area (Å²) in [7, 11) is 1.97. The van der Waals surface area contributed by atoms with Crippen molar-refractivity contribution in [1.29, 1.82) is 0 Å². The topological polar surface area (TPSA) is 71.7 Å². The molecule has 2 aromatic rings. The number of amides is 1. The van der Waals surface area contributed by atoms with Crippen molar-refractivity contribution in [2.45, 2.75) is 32.5 Å². The number of nitrogens with zero attached hydrogens (tertiary/aromatic N) is 4. The van der Waals surface area contributed by atoms with Gasteiger partial charge in [-0.25, -0.2) is 0 Å². The maximum atomic E-state index is 12.9. The summed E-state index contributed by atoms with van der Waals surface area (Å²) in [6, 6.07) is 9.92. The van der Waals surface area contributed by atoms with Crippen LogP contribution in [0.4, 0.5) is 0 Å². The van der Waals surface area contributed by atoms with Crippen LogP contribution in [0.15, 0.2) is 34.7 Å². The maximum absolute atomic E-state index is 12.9. The second kappa shape index (κ2) is 7.76. The van der Waals surface area contributed by atoms with Crippen LogP contribution in [-0.4, -0.2) is 58.7 Å². The average Bonchev–Trinajstić information content (AvgIpc) is 3.08. The van der Waals surface area contributed by atoms with Crippen molar-refractivity contribution in [1.82, 2.24) is 20.0 Å². The predicted molar refractivity (Wildman–Crippen MR) is 91.7 cm³/mol. The van der Waals surface area contributed by atoms with Crippen molar-refractivity contribution >= 4 is 5.91 Å². The number of likely N-dealkylation sites (N-methyl/N-ethyl adjacent to an activating group) is 1. The van der Waals surface area contributed by atoms with Gasteiger partial charge in [0.05, 0.1) is 19.2 Å². The van der Waals surface area contributed by atoms with Gasteiger partial charge in [0.1, 0.15) is 0 Å². The molecule has 0 saturated carbocycles. The van der Waals surface area contributed by atoms with Gasteiger partial charge >= 0.3 is 0 Å². The Balaban J connectivity index is 1.61. The summed E-state index contributed by atoms with van der Waals surface area (Å²) in [5.41, 5.74) is 1.19. The van der Waals surface area contributed by atoms with E-state index in [0.717, 1.165) is 6.54 Å². The van der Waals surface area contributed by atoms with E-state index in [4.69, 9.17) is 9.15 Å². The first kappa shape index (κ1) is 17.6. The quantitative estimate of drug-likeness (QED) is 0.824. The highest BCUT2D eigenvalue weighted by molar-refractivity contribution is 5.81. The predicted octanol–water partition coefficient (Wildman–Crippen LogP) is 1.80. The van der Waals surface area contributed by atoms with Gasteiger partial charge in [-0.15, -0.1) is 10.2 Å². The molecule has 134 valence electrons. The summed E-state index contributed by atoms with van der Waals surface area (Å²) < 4.78 is 11.1. The normalized spacial score (nSPS) is 19.2. The minimum atomic E-state index is -0.356. The van der Waals surface area contributed by atoms with Crippen molar-refractivity contribution in [3.63, 3.8) is 0 Å². The molecule has 1 amide bonds. The van der Waals surface area contributed by atoms with Crippen LogP contribution in [0.3, 0.4) is 0 Å². The minimum absolute atomic E-state index is 0.0861. The SMILES string of the molecule is Cc1nnc([C@@H]2CN(C(=O)[C@H](C)N(C)Cc3ccccc3)CCO2)o1. The third-order valence-corrected chi connectivity index (χ3v) is 4.49. The Morgan fingerprint density at radius 3 is 2.80 bits per heavy atom. The highest BCUT2D eigenvalue weighted by Gasteiger charge is 2.32. The van der Waals surface area contributed by atoms with Gasteiger partial charge in [-0.2, -0.15) is 0 Å². The highest BCUT2D eigenvalue weighted by Crippen LogP contribution is 2.22. The lowest BCUT2D eigenvalue weighted by atomic mass is 10.1. The molecule has 0 bridgehead atoms. The molecule has 0 radical (unpaired) electrons. The molecule has 1 aliphatic heterocycles. The number of hydrogen-bond donors (Lipinski definition) is 0. The zero-order valence-electron chi connectivity index (χ0n) is 14.9. The molecule has 2 heterocycles. The number of benzene rings is 1. The molecule has 0 spiro atoms. The molecule has 7 nitrogen and oxygen atoms in total. The van der Waals surface area contributed by atoms with E-state index in [9.17, 15) is 4.79 Å². The Hall–Kier alpha value is -2.25. The number of ether oxygens (including phenoxy) is 1. The molecule has 3 rings (SSSR count). The molecule has 7 heteroatoms. The summed E-state index contributed by atoms with van der Waals surface area (Å²) in [6.45, 7) is 5.88. The molecular formula is C18H24N4O3. The zero-order valence-corrected chi connectivity index (χ0v) is 14.9. The van der Waals surface area contributed by atoms with Crippen LogP contribution in [0.25, 0.3) is 0 Å². The fourth-order valence-electron chi connectivity index (χ4n) is 2.90. The van der Waals surface area contributed by atoms with Gasteiger partial charge in [-0.3, -0.25) is 9.69 Å². The number of morpholine rings is 1. The molecule has 25 heavy (non-hydrogen) atoms. The molecule has 1 aliphatic rings. The van der Waals surface area contributed by atoms with E-state index in [-0.39, 0.29) is 18.1 Å². The summed E-state index contributed by atoms with van der Waals surface area (Å²) in [5.74, 6) is 1.02. The Morgan fingerprint density at radius 1 is 1.36 bits per heavy atom. The van der Waals surface area contributed by atoms with Crippen molar-refractivity contribution in [3.05, 3.63) is 47.7 Å². The van der Waals surface area contributed by atoms with Crippen LogP contribution in [-0.2, 0) is 16.1 Å². The van der Waals surface area contributed by atoms with Crippen LogP contribution >= 0.6 is 0 Å². The third-order valence-electron chi connectivity index (χ3n) is 4.49. The average molecular weight is 344 g/mol. The van der Waals surface area contributed by atoms with E-state index >= 15 is 0 Å². The second-order valence-corrected chi connectivity index (χ2v) is 6.38. The fraction of sp³-hybridized carbons (Fsp3) is 0.500. The number of aromatic nitrogens is 2. The van der Waals surface area contributed by atoms with E-state index in [1.54, 1.807) is 6.92 Å². The summed E-state index contributed by atoms with van der Waals surface area (Å²) in [6.07, 6.45) is -0.356. The summed E-state index contributed by atoms with van der Waals surface area (Å²) >= 11 is 0. The van der Waals surface area contributed by atoms with E-state index in [0.29, 0.717) is 31.5 Å². The van der Waals surface area contributed by atoms with Gasteiger partial charge < -0.3 is 14.1 Å². The first-order valence-corrected chi connectivity index (χ1v) is 8.49. The Bertz CT molecular complexity index is 703. The Labute approximate surface area is 147 Å². The summed E-state index contributed by atoms with van der Waals surface area (Å²) in [5, 5.41) is 7.84. The largest absolute Gasteiger partial charge is 0.423 e. The lowest BCUT2D eigenvalue weighted by Crippen LogP contribution is -2.50. The number of rotatable bonds is 5. The molecule has 0 unspecified atom stereocenters. The van der Waals surface area contributed by atoms with E-state index < -0.39 is 0 Å². The lowest BCUT2D eigenvalue weighted by Gasteiger charge is -2.35. The van der Waals surface area contributed by atoms with Gasteiger partial charge in [0.15, 0.2) is 6.10 Å². The van der Waals surface area contributed by atoms with Crippen LogP contribution in [0.2, 0.25) is 0 Å². The molecule has 0 aliphatic carbocycles. The molecule has 0 N–H and O–H groups in total. The lowest BCUT2D eigenvalue weighted by molar-refractivity contribution is -0.144. The first-order valence-electron chi connectivity index (χ1n) is 8.49. The molecule has 2 atom stereocenters. The highest BCUT2D eigenvalue weighted by atomic mass is 16.5. The van der Waals surface area contributed by atoms with Crippen molar-refractivity contribution in [3.8, 4) is 0 Å². The minimum Gasteiger partial charge on any atom is -0.423 e. The number of aryl methyl sites for hydroxylation is 1. The van der Waals surface area contributed by atoms with Crippen LogP contribution in [0, 0.1) is 6.92 Å². The fourth-order valence-corrected chi connectivity index (χ4v) is 2.90. The summed E-state index contributed by atoms with van der Waals surface area (Å²) in [4.78, 5) is 16.7. The van der Waals surface area contributed by atoms with Crippen molar-refractivity contribution in [2.24, 2.45) is 0 Å². The van der Waals surface area contributed by atoms with Crippen molar-refractivity contribution in [2.75, 3.05) is 26.7 Å². The molecule has 1 aromatic carbocycles. The smallest absolute Gasteiger partial charge is 0.246 e. The second-order valence-electron chi connectivity index (χ2n) is 6.38. The number of hydrogen-bond acceptors (Lipinski definition) is 6. The standard InChI is InChI=1S/C18H24N4O3/c1-13(21(3)11-15-7-5-4-6-8-15)18(23)22-9-10-24-16(12-22)17-20-19-14(2)25-17/h4-8,13,16H,9-12H2,1-3H3/t13-,16-/m0/s1. The van der Waals surface area contributed by atoms with E-state index in [2.05, 4.69) is 27.2 Å². The Morgan fingerprint density at radius 2 is 2.12 bits per heavy atom. The van der Waals surface area contributed by atoms with Crippen LogP contribution < -0.4 is 0 Å². The Kier molecular flexibility index (Phi) is 5.45. The molecule has 1 saturated heterocycles. The molecule has 1 fully saturated rings. The zero-order chi connectivity index (χ0) is 17.8. The van der Waals surface area contributed by atoms with Crippen LogP contribution in [0.1, 0.15) is 30.4 Å². The van der Waals surface area contributed by atoms with Crippen LogP contribution in [0.5, 0.6) is 0 Å². The maximum Gasteiger partial charge on any atom is 0.246 e. The molecular weight excluding hydrogens is 320 g/mol. The van der Waals surface area contributed by atoms with Crippen molar-refractivity contribution < 1.29 is 13.9 Å². The first-order chi connectivity index (χ1) is 12.0. The van der Waals surface area contributed by atoms with Gasteiger partial charge in [0.2, 0.25) is 17.7 Å². The van der Waals surface area contributed by atoms with E-state index in [1.165, 1.54) is 5.56 Å². The van der Waals surface area contributed by atoms with Gasteiger partial charge in [0, 0.05) is 20.0 Å². The third kappa shape index (κ3) is 4.24.